The smallest absolute Gasteiger partial charge is 0.243 e. The van der Waals surface area contributed by atoms with Crippen LogP contribution in [-0.2, 0) is 10.0 Å². The number of benzene rings is 1. The zero-order valence-electron chi connectivity index (χ0n) is 12.5. The van der Waals surface area contributed by atoms with Crippen molar-refractivity contribution in [3.05, 3.63) is 54.2 Å². The van der Waals surface area contributed by atoms with Gasteiger partial charge in [0.05, 0.1) is 4.90 Å². The largest absolute Gasteiger partial charge is 0.354 e. The zero-order valence-corrected chi connectivity index (χ0v) is 13.3. The summed E-state index contributed by atoms with van der Waals surface area (Å²) in [5.41, 5.74) is 0.952. The molecule has 1 aliphatic rings. The van der Waals surface area contributed by atoms with Gasteiger partial charge < -0.3 is 4.90 Å². The molecule has 1 aromatic heterocycles. The minimum absolute atomic E-state index is 0.374. The van der Waals surface area contributed by atoms with E-state index in [2.05, 4.69) is 9.88 Å². The Hall–Kier alpha value is -1.92. The van der Waals surface area contributed by atoms with E-state index in [0.717, 1.165) is 11.4 Å². The lowest BCUT2D eigenvalue weighted by Gasteiger charge is -2.34. The fraction of sp³-hybridized carbons (Fsp3) is 0.312. The van der Waals surface area contributed by atoms with Gasteiger partial charge in [-0.25, -0.2) is 13.4 Å². The van der Waals surface area contributed by atoms with Gasteiger partial charge in [0.1, 0.15) is 5.82 Å². The minimum Gasteiger partial charge on any atom is -0.354 e. The second kappa shape index (κ2) is 6.06. The molecule has 5 nitrogen and oxygen atoms in total. The molecule has 0 unspecified atom stereocenters. The number of hydrogen-bond acceptors (Lipinski definition) is 4. The monoisotopic (exact) mass is 317 g/mol. The van der Waals surface area contributed by atoms with Gasteiger partial charge in [0, 0.05) is 32.4 Å². The second-order valence-electron chi connectivity index (χ2n) is 5.40. The summed E-state index contributed by atoms with van der Waals surface area (Å²) < 4.78 is 26.9. The van der Waals surface area contributed by atoms with Crippen molar-refractivity contribution in [2.24, 2.45) is 0 Å². The molecule has 1 aromatic carbocycles. The highest BCUT2D eigenvalue weighted by atomic mass is 32.2. The highest BCUT2D eigenvalue weighted by Gasteiger charge is 2.28. The number of piperazine rings is 1. The first-order chi connectivity index (χ1) is 10.6. The highest BCUT2D eigenvalue weighted by molar-refractivity contribution is 7.89. The van der Waals surface area contributed by atoms with E-state index in [1.807, 2.05) is 31.2 Å². The Morgan fingerprint density at radius 2 is 1.77 bits per heavy atom. The summed E-state index contributed by atoms with van der Waals surface area (Å²) >= 11 is 0. The van der Waals surface area contributed by atoms with Crippen LogP contribution in [0, 0.1) is 6.92 Å². The van der Waals surface area contributed by atoms with Crippen molar-refractivity contribution < 1.29 is 8.42 Å². The summed E-state index contributed by atoms with van der Waals surface area (Å²) in [5.74, 6) is 0.898. The van der Waals surface area contributed by atoms with E-state index in [4.69, 9.17) is 0 Å². The van der Waals surface area contributed by atoms with Gasteiger partial charge in [-0.05, 0) is 36.8 Å². The summed E-state index contributed by atoms with van der Waals surface area (Å²) in [6.45, 7) is 4.17. The lowest BCUT2D eigenvalue weighted by atomic mass is 10.2. The molecule has 0 spiro atoms. The van der Waals surface area contributed by atoms with Crippen molar-refractivity contribution in [3.8, 4) is 0 Å². The van der Waals surface area contributed by atoms with Crippen molar-refractivity contribution in [2.75, 3.05) is 31.1 Å². The molecule has 116 valence electrons. The number of nitrogens with zero attached hydrogens (tertiary/aromatic N) is 3. The van der Waals surface area contributed by atoms with E-state index >= 15 is 0 Å². The van der Waals surface area contributed by atoms with Gasteiger partial charge in [0.25, 0.3) is 0 Å². The molecule has 0 amide bonds. The molecule has 6 heteroatoms. The molecule has 2 aromatic rings. The molecule has 0 N–H and O–H groups in total. The lowest BCUT2D eigenvalue weighted by molar-refractivity contribution is 0.384. The van der Waals surface area contributed by atoms with E-state index in [1.165, 1.54) is 0 Å². The fourth-order valence-electron chi connectivity index (χ4n) is 2.62. The number of hydrogen-bond donors (Lipinski definition) is 0. The average molecular weight is 317 g/mol. The van der Waals surface area contributed by atoms with Gasteiger partial charge >= 0.3 is 0 Å². The van der Waals surface area contributed by atoms with Crippen LogP contribution in [-0.4, -0.2) is 43.9 Å². The number of aromatic nitrogens is 1. The molecule has 1 aliphatic heterocycles. The molecule has 0 radical (unpaired) electrons. The van der Waals surface area contributed by atoms with Crippen LogP contribution in [0.3, 0.4) is 0 Å². The maximum absolute atomic E-state index is 12.7. The molecule has 1 fully saturated rings. The van der Waals surface area contributed by atoms with Crippen LogP contribution in [0.5, 0.6) is 0 Å². The van der Waals surface area contributed by atoms with Crippen LogP contribution in [0.1, 0.15) is 5.56 Å². The third kappa shape index (κ3) is 2.98. The first kappa shape index (κ1) is 15.0. The lowest BCUT2D eigenvalue weighted by Crippen LogP contribution is -2.48. The van der Waals surface area contributed by atoms with Gasteiger partial charge in [0.15, 0.2) is 0 Å². The summed E-state index contributed by atoms with van der Waals surface area (Å²) in [4.78, 5) is 6.80. The zero-order chi connectivity index (χ0) is 15.6. The molecule has 22 heavy (non-hydrogen) atoms. The van der Waals surface area contributed by atoms with Crippen molar-refractivity contribution in [1.82, 2.24) is 9.29 Å². The quantitative estimate of drug-likeness (QED) is 0.867. The average Bonchev–Trinajstić information content (AvgIpc) is 2.56. The standard InChI is InChI=1S/C16H19N3O2S/c1-14-5-4-6-15(13-14)22(20,21)19-11-9-18(10-12-19)16-7-2-3-8-17-16/h2-8,13H,9-12H2,1H3. The van der Waals surface area contributed by atoms with Crippen molar-refractivity contribution >= 4 is 15.8 Å². The predicted molar refractivity (Wildman–Crippen MR) is 86.4 cm³/mol. The second-order valence-corrected chi connectivity index (χ2v) is 7.33. The molecule has 3 rings (SSSR count). The summed E-state index contributed by atoms with van der Waals surface area (Å²) in [5, 5.41) is 0. The maximum atomic E-state index is 12.7. The van der Waals surface area contributed by atoms with Gasteiger partial charge in [0.2, 0.25) is 10.0 Å². The first-order valence-corrected chi connectivity index (χ1v) is 8.74. The Bertz CT molecular complexity index is 739. The van der Waals surface area contributed by atoms with Crippen LogP contribution in [0.25, 0.3) is 0 Å². The predicted octanol–water partition coefficient (Wildman–Crippen LogP) is 1.90. The number of sulfonamides is 1. The minimum atomic E-state index is -3.40. The molecule has 0 bridgehead atoms. The third-order valence-electron chi connectivity index (χ3n) is 3.84. The molecular weight excluding hydrogens is 298 g/mol. The van der Waals surface area contributed by atoms with E-state index < -0.39 is 10.0 Å². The topological polar surface area (TPSA) is 53.5 Å². The molecule has 0 saturated carbocycles. The number of aryl methyl sites for hydroxylation is 1. The highest BCUT2D eigenvalue weighted by Crippen LogP contribution is 2.20. The Labute approximate surface area is 131 Å². The van der Waals surface area contributed by atoms with Crippen LogP contribution in [0.15, 0.2) is 53.6 Å². The summed E-state index contributed by atoms with van der Waals surface area (Å²) in [6, 6.07) is 12.8. The normalized spacial score (nSPS) is 16.7. The molecule has 0 aliphatic carbocycles. The van der Waals surface area contributed by atoms with Crippen LogP contribution < -0.4 is 4.90 Å². The fourth-order valence-corrected chi connectivity index (χ4v) is 4.15. The number of rotatable bonds is 3. The van der Waals surface area contributed by atoms with Crippen molar-refractivity contribution in [1.29, 1.82) is 0 Å². The van der Waals surface area contributed by atoms with Crippen LogP contribution >= 0.6 is 0 Å². The Balaban J connectivity index is 1.73. The molecular formula is C16H19N3O2S. The Kier molecular flexibility index (Phi) is 4.13. The van der Waals surface area contributed by atoms with Crippen molar-refractivity contribution in [2.45, 2.75) is 11.8 Å². The van der Waals surface area contributed by atoms with Crippen LogP contribution in [0.2, 0.25) is 0 Å². The first-order valence-electron chi connectivity index (χ1n) is 7.30. The van der Waals surface area contributed by atoms with E-state index in [1.54, 1.807) is 28.7 Å². The van der Waals surface area contributed by atoms with Gasteiger partial charge in [-0.2, -0.15) is 4.31 Å². The van der Waals surface area contributed by atoms with E-state index in [-0.39, 0.29) is 0 Å². The van der Waals surface area contributed by atoms with E-state index in [0.29, 0.717) is 31.1 Å². The van der Waals surface area contributed by atoms with E-state index in [9.17, 15) is 8.42 Å². The molecule has 0 atom stereocenters. The van der Waals surface area contributed by atoms with Gasteiger partial charge in [-0.3, -0.25) is 0 Å². The van der Waals surface area contributed by atoms with Gasteiger partial charge in [-0.1, -0.05) is 18.2 Å². The Morgan fingerprint density at radius 1 is 1.00 bits per heavy atom. The van der Waals surface area contributed by atoms with Crippen molar-refractivity contribution in [3.63, 3.8) is 0 Å². The summed E-state index contributed by atoms with van der Waals surface area (Å²) in [7, 11) is -3.40. The molecule has 2 heterocycles. The molecule has 1 saturated heterocycles. The van der Waals surface area contributed by atoms with Crippen LogP contribution in [0.4, 0.5) is 5.82 Å². The number of pyridine rings is 1. The SMILES string of the molecule is Cc1cccc(S(=O)(=O)N2CCN(c3ccccn3)CC2)c1. The maximum Gasteiger partial charge on any atom is 0.243 e. The summed E-state index contributed by atoms with van der Waals surface area (Å²) in [6.07, 6.45) is 1.76. The third-order valence-corrected chi connectivity index (χ3v) is 5.73. The van der Waals surface area contributed by atoms with Gasteiger partial charge in [-0.15, -0.1) is 0 Å². The Morgan fingerprint density at radius 3 is 2.41 bits per heavy atom. The number of anilines is 1.